The summed E-state index contributed by atoms with van der Waals surface area (Å²) in [7, 11) is -3.72. The molecule has 8 nitrogen and oxygen atoms in total. The van der Waals surface area contributed by atoms with E-state index in [0.717, 1.165) is 22.5 Å². The van der Waals surface area contributed by atoms with Gasteiger partial charge in [0.2, 0.25) is 15.9 Å². The Hall–Kier alpha value is -3.04. The Kier molecular flexibility index (Phi) is 5.17. The molecule has 0 aliphatic carbocycles. The number of aromatic nitrogens is 3. The first kappa shape index (κ1) is 20.2. The highest BCUT2D eigenvalue weighted by Gasteiger charge is 2.30. The summed E-state index contributed by atoms with van der Waals surface area (Å²) in [6.45, 7) is 5.28. The molecular weight excluding hydrogens is 402 g/mol. The number of hydrogen-bond donors (Lipinski definition) is 1. The quantitative estimate of drug-likeness (QED) is 0.678. The summed E-state index contributed by atoms with van der Waals surface area (Å²) < 4.78 is 30.3. The van der Waals surface area contributed by atoms with E-state index in [4.69, 9.17) is 0 Å². The Balaban J connectivity index is 1.53. The molecule has 2 heterocycles. The summed E-state index contributed by atoms with van der Waals surface area (Å²) in [6.07, 6.45) is 3.69. The topological polar surface area (TPSA) is 97.2 Å². The zero-order chi connectivity index (χ0) is 21.5. The maximum Gasteiger partial charge on any atom is 0.241 e. The molecule has 0 bridgehead atoms. The summed E-state index contributed by atoms with van der Waals surface area (Å²) in [5.74, 6) is -0.0436. The van der Waals surface area contributed by atoms with Crippen LogP contribution in [0.3, 0.4) is 0 Å². The van der Waals surface area contributed by atoms with Crippen molar-refractivity contribution in [2.24, 2.45) is 0 Å². The minimum absolute atomic E-state index is 0.0193. The van der Waals surface area contributed by atoms with Gasteiger partial charge < -0.3 is 4.90 Å². The molecule has 0 spiro atoms. The first-order chi connectivity index (χ1) is 14.3. The zero-order valence-corrected chi connectivity index (χ0v) is 17.8. The molecule has 1 aromatic heterocycles. The predicted molar refractivity (Wildman–Crippen MR) is 113 cm³/mol. The molecule has 1 aliphatic rings. The highest BCUT2D eigenvalue weighted by molar-refractivity contribution is 7.89. The minimum Gasteiger partial charge on any atom is -0.309 e. The number of benzene rings is 2. The number of anilines is 1. The van der Waals surface area contributed by atoms with Crippen LogP contribution in [0.15, 0.2) is 60.0 Å². The monoisotopic (exact) mass is 425 g/mol. The standard InChI is InChI=1S/C21H23N5O3S/c1-14-10-18-11-20(8-9-21(18)26(14)16(3)27)30(28,29)24-15(2)17-4-6-19(7-5-17)25-13-22-12-23-25/h4-9,11-15,24H,10H2,1-3H3/t14-,15-/m1/s1. The van der Waals surface area contributed by atoms with E-state index in [9.17, 15) is 13.2 Å². The fourth-order valence-corrected chi connectivity index (χ4v) is 5.16. The molecule has 1 amide bonds. The van der Waals surface area contributed by atoms with E-state index in [-0.39, 0.29) is 16.8 Å². The second-order valence-electron chi connectivity index (χ2n) is 7.51. The van der Waals surface area contributed by atoms with Crippen LogP contribution >= 0.6 is 0 Å². The highest BCUT2D eigenvalue weighted by atomic mass is 32.2. The van der Waals surface area contributed by atoms with Crippen molar-refractivity contribution in [1.82, 2.24) is 19.5 Å². The van der Waals surface area contributed by atoms with Crippen molar-refractivity contribution in [3.63, 3.8) is 0 Å². The molecule has 156 valence electrons. The molecule has 9 heteroatoms. The summed E-state index contributed by atoms with van der Waals surface area (Å²) in [5.41, 5.74) is 3.32. The second-order valence-corrected chi connectivity index (χ2v) is 9.22. The van der Waals surface area contributed by atoms with Gasteiger partial charge in [-0.25, -0.2) is 22.8 Å². The number of carbonyl (C=O) groups is 1. The number of nitrogens with zero attached hydrogens (tertiary/aromatic N) is 4. The van der Waals surface area contributed by atoms with Gasteiger partial charge in [0.25, 0.3) is 0 Å². The number of fused-ring (bicyclic) bond motifs is 1. The van der Waals surface area contributed by atoms with Crippen molar-refractivity contribution in [2.75, 3.05) is 4.90 Å². The third-order valence-electron chi connectivity index (χ3n) is 5.32. The highest BCUT2D eigenvalue weighted by Crippen LogP contribution is 2.34. The fourth-order valence-electron chi connectivity index (χ4n) is 3.88. The zero-order valence-electron chi connectivity index (χ0n) is 17.0. The lowest BCUT2D eigenvalue weighted by Crippen LogP contribution is -2.33. The number of sulfonamides is 1. The molecule has 1 aliphatic heterocycles. The molecular formula is C21H23N5O3S. The average molecular weight is 426 g/mol. The SMILES string of the molecule is CC(=O)N1c2ccc(S(=O)(=O)N[C@H](C)c3ccc(-n4cncn4)cc3)cc2C[C@H]1C. The molecule has 30 heavy (non-hydrogen) atoms. The first-order valence-electron chi connectivity index (χ1n) is 9.66. The van der Waals surface area contributed by atoms with Crippen LogP contribution in [0.1, 0.15) is 37.9 Å². The lowest BCUT2D eigenvalue weighted by Gasteiger charge is -2.20. The van der Waals surface area contributed by atoms with Gasteiger partial charge in [-0.15, -0.1) is 0 Å². The number of amides is 1. The number of carbonyl (C=O) groups excluding carboxylic acids is 1. The lowest BCUT2D eigenvalue weighted by atomic mass is 10.1. The molecule has 2 atom stereocenters. The smallest absolute Gasteiger partial charge is 0.241 e. The van der Waals surface area contributed by atoms with Gasteiger partial charge in [0.15, 0.2) is 0 Å². The van der Waals surface area contributed by atoms with Gasteiger partial charge in [-0.2, -0.15) is 5.10 Å². The van der Waals surface area contributed by atoms with Crippen molar-refractivity contribution in [3.8, 4) is 5.69 Å². The summed E-state index contributed by atoms with van der Waals surface area (Å²) in [4.78, 5) is 17.7. The molecule has 4 rings (SSSR count). The van der Waals surface area contributed by atoms with Crippen LogP contribution in [0, 0.1) is 0 Å². The van der Waals surface area contributed by atoms with E-state index in [0.29, 0.717) is 6.42 Å². The molecule has 0 fully saturated rings. The Morgan fingerprint density at radius 3 is 2.57 bits per heavy atom. The van der Waals surface area contributed by atoms with E-state index in [1.807, 2.05) is 31.2 Å². The number of hydrogen-bond acceptors (Lipinski definition) is 5. The van der Waals surface area contributed by atoms with Gasteiger partial charge in [-0.05, 0) is 61.7 Å². The van der Waals surface area contributed by atoms with Gasteiger partial charge in [-0.3, -0.25) is 4.79 Å². The fraction of sp³-hybridized carbons (Fsp3) is 0.286. The van der Waals surface area contributed by atoms with Crippen LogP contribution in [0.5, 0.6) is 0 Å². The second kappa shape index (κ2) is 7.66. The van der Waals surface area contributed by atoms with Crippen LogP contribution < -0.4 is 9.62 Å². The molecule has 1 N–H and O–H groups in total. The average Bonchev–Trinajstić information content (AvgIpc) is 3.34. The Morgan fingerprint density at radius 2 is 1.93 bits per heavy atom. The molecule has 0 saturated heterocycles. The maximum absolute atomic E-state index is 13.0. The maximum atomic E-state index is 13.0. The lowest BCUT2D eigenvalue weighted by molar-refractivity contribution is -0.116. The summed E-state index contributed by atoms with van der Waals surface area (Å²) in [6, 6.07) is 12.0. The Bertz CT molecular complexity index is 1170. The van der Waals surface area contributed by atoms with Crippen LogP contribution in [0.2, 0.25) is 0 Å². The van der Waals surface area contributed by atoms with E-state index in [1.165, 1.54) is 13.3 Å². The molecule has 3 aromatic rings. The van der Waals surface area contributed by atoms with Gasteiger partial charge >= 0.3 is 0 Å². The van der Waals surface area contributed by atoms with Crippen molar-refractivity contribution in [2.45, 2.75) is 44.2 Å². The van der Waals surface area contributed by atoms with Gasteiger partial charge in [0.1, 0.15) is 12.7 Å². The summed E-state index contributed by atoms with van der Waals surface area (Å²) in [5, 5.41) is 4.08. The van der Waals surface area contributed by atoms with Crippen molar-refractivity contribution < 1.29 is 13.2 Å². The van der Waals surface area contributed by atoms with Crippen LogP contribution in [0.4, 0.5) is 5.69 Å². The molecule has 0 saturated carbocycles. The van der Waals surface area contributed by atoms with Crippen LogP contribution in [0.25, 0.3) is 5.69 Å². The minimum atomic E-state index is -3.72. The van der Waals surface area contributed by atoms with E-state index in [2.05, 4.69) is 14.8 Å². The molecule has 2 aromatic carbocycles. The van der Waals surface area contributed by atoms with E-state index in [1.54, 1.807) is 41.0 Å². The largest absolute Gasteiger partial charge is 0.309 e. The molecule has 0 unspecified atom stereocenters. The van der Waals surface area contributed by atoms with Crippen LogP contribution in [-0.2, 0) is 21.2 Å². The van der Waals surface area contributed by atoms with Crippen molar-refractivity contribution >= 4 is 21.6 Å². The van der Waals surface area contributed by atoms with Crippen molar-refractivity contribution in [3.05, 3.63) is 66.2 Å². The first-order valence-corrected chi connectivity index (χ1v) is 11.1. The Labute approximate surface area is 175 Å². The third-order valence-corrected chi connectivity index (χ3v) is 6.86. The molecule has 0 radical (unpaired) electrons. The normalized spacial score (nSPS) is 17.0. The van der Waals surface area contributed by atoms with Crippen molar-refractivity contribution in [1.29, 1.82) is 0 Å². The van der Waals surface area contributed by atoms with Gasteiger partial charge in [-0.1, -0.05) is 12.1 Å². The Morgan fingerprint density at radius 1 is 1.20 bits per heavy atom. The van der Waals surface area contributed by atoms with Gasteiger partial charge in [0, 0.05) is 24.7 Å². The number of nitrogens with one attached hydrogen (secondary N) is 1. The van der Waals surface area contributed by atoms with Gasteiger partial charge in [0.05, 0.1) is 10.6 Å². The van der Waals surface area contributed by atoms with E-state index >= 15 is 0 Å². The third kappa shape index (κ3) is 3.73. The predicted octanol–water partition coefficient (Wildman–Crippen LogP) is 2.60. The number of rotatable bonds is 5. The summed E-state index contributed by atoms with van der Waals surface area (Å²) >= 11 is 0. The van der Waals surface area contributed by atoms with E-state index < -0.39 is 16.1 Å². The van der Waals surface area contributed by atoms with Crippen LogP contribution in [-0.4, -0.2) is 35.1 Å².